The van der Waals surface area contributed by atoms with Gasteiger partial charge < -0.3 is 10.0 Å². The highest BCUT2D eigenvalue weighted by Gasteiger charge is 2.34. The van der Waals surface area contributed by atoms with Crippen LogP contribution in [0.4, 0.5) is 17.6 Å². The molecule has 4 nitrogen and oxygen atoms in total. The number of carbonyl (C=O) groups is 2. The van der Waals surface area contributed by atoms with Gasteiger partial charge in [0.1, 0.15) is 5.82 Å². The Morgan fingerprint density at radius 1 is 1.30 bits per heavy atom. The summed E-state index contributed by atoms with van der Waals surface area (Å²) in [7, 11) is 1.28. The summed E-state index contributed by atoms with van der Waals surface area (Å²) in [5.41, 5.74) is -1.73. The maximum atomic E-state index is 13.3. The Kier molecular flexibility index (Phi) is 4.69. The number of nitrogens with zero attached hydrogens (tertiary/aromatic N) is 1. The summed E-state index contributed by atoms with van der Waals surface area (Å²) in [6, 6.07) is 1.82. The van der Waals surface area contributed by atoms with Gasteiger partial charge >= 0.3 is 12.1 Å². The van der Waals surface area contributed by atoms with Crippen LogP contribution in [0.25, 0.3) is 0 Å². The molecule has 0 unspecified atom stereocenters. The molecule has 0 spiro atoms. The third kappa shape index (κ3) is 3.94. The average Bonchev–Trinajstić information content (AvgIpc) is 2.33. The van der Waals surface area contributed by atoms with Crippen molar-refractivity contribution in [3.8, 4) is 0 Å². The number of halogens is 4. The predicted molar refractivity (Wildman–Crippen MR) is 60.6 cm³/mol. The Bertz CT molecular complexity index is 528. The molecule has 0 radical (unpaired) electrons. The Morgan fingerprint density at radius 2 is 1.90 bits per heavy atom. The molecule has 1 aromatic carbocycles. The average molecular weight is 293 g/mol. The number of hydrogen-bond acceptors (Lipinski definition) is 2. The topological polar surface area (TPSA) is 57.6 Å². The van der Waals surface area contributed by atoms with E-state index in [1.807, 2.05) is 0 Å². The van der Waals surface area contributed by atoms with Crippen molar-refractivity contribution in [2.24, 2.45) is 0 Å². The lowest BCUT2D eigenvalue weighted by molar-refractivity contribution is -0.140. The fourth-order valence-electron chi connectivity index (χ4n) is 1.46. The number of amides is 1. The Balaban J connectivity index is 2.90. The number of rotatable bonds is 4. The van der Waals surface area contributed by atoms with Crippen LogP contribution in [0.2, 0.25) is 0 Å². The minimum absolute atomic E-state index is 0.128. The van der Waals surface area contributed by atoms with E-state index < -0.39 is 29.4 Å². The summed E-state index contributed by atoms with van der Waals surface area (Å²) in [6.45, 7) is -0.128. The van der Waals surface area contributed by atoms with Gasteiger partial charge in [-0.25, -0.2) is 4.39 Å². The van der Waals surface area contributed by atoms with Crippen molar-refractivity contribution in [2.75, 3.05) is 13.6 Å². The van der Waals surface area contributed by atoms with E-state index in [-0.39, 0.29) is 18.5 Å². The van der Waals surface area contributed by atoms with E-state index in [0.717, 1.165) is 11.0 Å². The summed E-state index contributed by atoms with van der Waals surface area (Å²) in [5.74, 6) is -3.42. The van der Waals surface area contributed by atoms with E-state index in [9.17, 15) is 27.2 Å². The van der Waals surface area contributed by atoms with Crippen LogP contribution in [0.15, 0.2) is 18.2 Å². The molecule has 110 valence electrons. The first-order valence-electron chi connectivity index (χ1n) is 5.47. The van der Waals surface area contributed by atoms with Crippen LogP contribution in [0.1, 0.15) is 22.3 Å². The number of hydrogen-bond donors (Lipinski definition) is 1. The molecule has 0 bridgehead atoms. The molecule has 0 saturated carbocycles. The second-order valence-electron chi connectivity index (χ2n) is 4.06. The van der Waals surface area contributed by atoms with Crippen molar-refractivity contribution in [3.63, 3.8) is 0 Å². The number of alkyl halides is 3. The van der Waals surface area contributed by atoms with Gasteiger partial charge in [-0.2, -0.15) is 13.2 Å². The Labute approximate surface area is 111 Å². The minimum atomic E-state index is -4.83. The first kappa shape index (κ1) is 15.9. The molecule has 0 atom stereocenters. The van der Waals surface area contributed by atoms with E-state index >= 15 is 0 Å². The van der Waals surface area contributed by atoms with E-state index in [2.05, 4.69) is 0 Å². The fourth-order valence-corrected chi connectivity index (χ4v) is 1.46. The van der Waals surface area contributed by atoms with E-state index in [0.29, 0.717) is 12.1 Å². The monoisotopic (exact) mass is 293 g/mol. The van der Waals surface area contributed by atoms with Gasteiger partial charge in [-0.15, -0.1) is 0 Å². The SMILES string of the molecule is CN(CCC(=O)O)C(=O)c1ccc(C(F)(F)F)c(F)c1. The third-order valence-corrected chi connectivity index (χ3v) is 2.53. The fraction of sp³-hybridized carbons (Fsp3) is 0.333. The zero-order valence-corrected chi connectivity index (χ0v) is 10.4. The van der Waals surface area contributed by atoms with Gasteiger partial charge in [-0.3, -0.25) is 9.59 Å². The van der Waals surface area contributed by atoms with Gasteiger partial charge in [0.15, 0.2) is 0 Å². The Hall–Kier alpha value is -2.12. The Morgan fingerprint density at radius 3 is 2.35 bits per heavy atom. The summed E-state index contributed by atoms with van der Waals surface area (Å²) in [5, 5.41) is 8.46. The van der Waals surface area contributed by atoms with Gasteiger partial charge in [0.2, 0.25) is 0 Å². The van der Waals surface area contributed by atoms with Crippen LogP contribution >= 0.6 is 0 Å². The number of carbonyl (C=O) groups excluding carboxylic acids is 1. The maximum Gasteiger partial charge on any atom is 0.419 e. The molecule has 0 heterocycles. The molecule has 20 heavy (non-hydrogen) atoms. The standard InChI is InChI=1S/C12H11F4NO3/c1-17(5-4-10(18)19)11(20)7-2-3-8(9(13)6-7)12(14,15)16/h2-3,6H,4-5H2,1H3,(H,18,19). The van der Waals surface area contributed by atoms with Gasteiger partial charge in [-0.1, -0.05) is 0 Å². The van der Waals surface area contributed by atoms with Crippen LogP contribution in [0.5, 0.6) is 0 Å². The molecule has 1 amide bonds. The summed E-state index contributed by atoms with van der Waals surface area (Å²) in [6.07, 6.45) is -5.15. The quantitative estimate of drug-likeness (QED) is 0.867. The molecule has 0 fully saturated rings. The van der Waals surface area contributed by atoms with E-state index in [1.54, 1.807) is 0 Å². The van der Waals surface area contributed by atoms with Crippen molar-refractivity contribution in [1.82, 2.24) is 4.90 Å². The van der Waals surface area contributed by atoms with E-state index in [1.165, 1.54) is 7.05 Å². The van der Waals surface area contributed by atoms with Crippen molar-refractivity contribution in [3.05, 3.63) is 35.1 Å². The highest BCUT2D eigenvalue weighted by Crippen LogP contribution is 2.31. The molecular formula is C12H11F4NO3. The number of carboxylic acid groups (broad SMARTS) is 1. The van der Waals surface area contributed by atoms with Gasteiger partial charge in [0.25, 0.3) is 5.91 Å². The molecule has 0 aliphatic carbocycles. The lowest BCUT2D eigenvalue weighted by Gasteiger charge is -2.16. The van der Waals surface area contributed by atoms with Crippen molar-refractivity contribution >= 4 is 11.9 Å². The minimum Gasteiger partial charge on any atom is -0.481 e. The van der Waals surface area contributed by atoms with Gasteiger partial charge in [0.05, 0.1) is 12.0 Å². The first-order valence-corrected chi connectivity index (χ1v) is 5.47. The predicted octanol–water partition coefficient (Wildman–Crippen LogP) is 2.39. The molecule has 0 saturated heterocycles. The largest absolute Gasteiger partial charge is 0.481 e. The number of aliphatic carboxylic acids is 1. The lowest BCUT2D eigenvalue weighted by Crippen LogP contribution is -2.29. The smallest absolute Gasteiger partial charge is 0.419 e. The highest BCUT2D eigenvalue weighted by atomic mass is 19.4. The van der Waals surface area contributed by atoms with Gasteiger partial charge in [-0.05, 0) is 18.2 Å². The molecule has 0 aliphatic rings. The van der Waals surface area contributed by atoms with Crippen LogP contribution in [0, 0.1) is 5.82 Å². The number of benzene rings is 1. The normalized spacial score (nSPS) is 11.2. The molecule has 1 aromatic rings. The molecule has 0 aromatic heterocycles. The zero-order valence-electron chi connectivity index (χ0n) is 10.4. The van der Waals surface area contributed by atoms with Crippen LogP contribution in [0.3, 0.4) is 0 Å². The van der Waals surface area contributed by atoms with Crippen LogP contribution in [-0.4, -0.2) is 35.5 Å². The third-order valence-electron chi connectivity index (χ3n) is 2.53. The first-order chi connectivity index (χ1) is 9.12. The molecule has 1 N–H and O–H groups in total. The molecule has 0 aliphatic heterocycles. The maximum absolute atomic E-state index is 13.3. The highest BCUT2D eigenvalue weighted by molar-refractivity contribution is 5.94. The summed E-state index contributed by atoms with van der Waals surface area (Å²) < 4.78 is 50.3. The van der Waals surface area contributed by atoms with Crippen molar-refractivity contribution in [2.45, 2.75) is 12.6 Å². The second-order valence-corrected chi connectivity index (χ2v) is 4.06. The summed E-state index contributed by atoms with van der Waals surface area (Å²) >= 11 is 0. The van der Waals surface area contributed by atoms with Crippen molar-refractivity contribution in [1.29, 1.82) is 0 Å². The lowest BCUT2D eigenvalue weighted by atomic mass is 10.1. The molecule has 1 rings (SSSR count). The van der Waals surface area contributed by atoms with Crippen molar-refractivity contribution < 1.29 is 32.3 Å². The molecular weight excluding hydrogens is 282 g/mol. The zero-order chi connectivity index (χ0) is 15.5. The van der Waals surface area contributed by atoms with Gasteiger partial charge in [0, 0.05) is 19.2 Å². The second kappa shape index (κ2) is 5.89. The van der Waals surface area contributed by atoms with Crippen LogP contribution in [-0.2, 0) is 11.0 Å². The van der Waals surface area contributed by atoms with E-state index in [4.69, 9.17) is 5.11 Å². The summed E-state index contributed by atoms with van der Waals surface area (Å²) in [4.78, 5) is 23.1. The number of carboxylic acids is 1. The van der Waals surface area contributed by atoms with Crippen LogP contribution < -0.4 is 0 Å². The molecule has 8 heteroatoms.